The maximum Gasteiger partial charge on any atom is 0.124 e. The fraction of sp³-hybridized carbons (Fsp3) is 0.294. The highest BCUT2D eigenvalue weighted by atomic mass is 79.9. The van der Waals surface area contributed by atoms with E-state index in [4.69, 9.17) is 4.74 Å². The molecule has 0 saturated carbocycles. The Morgan fingerprint density at radius 1 is 1.05 bits per heavy atom. The van der Waals surface area contributed by atoms with Crippen molar-refractivity contribution in [3.05, 3.63) is 63.1 Å². The van der Waals surface area contributed by atoms with Gasteiger partial charge in [0.25, 0.3) is 0 Å². The van der Waals surface area contributed by atoms with Crippen LogP contribution in [0.25, 0.3) is 0 Å². The van der Waals surface area contributed by atoms with Gasteiger partial charge in [-0.15, -0.1) is 0 Å². The molecule has 0 saturated heterocycles. The monoisotopic (exact) mass is 396 g/mol. The maximum absolute atomic E-state index is 5.75. The zero-order valence-corrected chi connectivity index (χ0v) is 15.1. The summed E-state index contributed by atoms with van der Waals surface area (Å²) in [7, 11) is 0. The third-order valence-electron chi connectivity index (χ3n) is 3.25. The molecule has 2 aromatic rings. The Balaban J connectivity index is 2.49. The van der Waals surface area contributed by atoms with Crippen LogP contribution in [-0.4, -0.2) is 6.61 Å². The molecule has 0 heterocycles. The van der Waals surface area contributed by atoms with E-state index < -0.39 is 0 Å². The first kappa shape index (κ1) is 15.6. The van der Waals surface area contributed by atoms with Gasteiger partial charge in [-0.25, -0.2) is 0 Å². The van der Waals surface area contributed by atoms with Crippen LogP contribution in [0.15, 0.2) is 40.9 Å². The van der Waals surface area contributed by atoms with Crippen LogP contribution in [-0.2, 0) is 0 Å². The van der Waals surface area contributed by atoms with E-state index in [-0.39, 0.29) is 4.83 Å². The normalized spacial score (nSPS) is 12.2. The van der Waals surface area contributed by atoms with Crippen molar-refractivity contribution in [3.63, 3.8) is 0 Å². The van der Waals surface area contributed by atoms with E-state index in [1.54, 1.807) is 0 Å². The molecule has 2 aromatic carbocycles. The van der Waals surface area contributed by atoms with E-state index in [2.05, 4.69) is 70.0 Å². The van der Waals surface area contributed by atoms with Crippen LogP contribution in [0.1, 0.15) is 34.0 Å². The third-order valence-corrected chi connectivity index (χ3v) is 4.73. The van der Waals surface area contributed by atoms with Gasteiger partial charge in [0, 0.05) is 10.0 Å². The third kappa shape index (κ3) is 3.44. The summed E-state index contributed by atoms with van der Waals surface area (Å²) in [5, 5.41) is 0. The standard InChI is InChI=1S/C17H18Br2O/c1-4-20-16-8-7-13(18)10-15(16)17(19)14-9-11(2)5-6-12(14)3/h5-10,17H,4H2,1-3H3. The van der Waals surface area contributed by atoms with Gasteiger partial charge in [0.2, 0.25) is 0 Å². The maximum atomic E-state index is 5.75. The minimum Gasteiger partial charge on any atom is -0.494 e. The number of halogens is 2. The minimum absolute atomic E-state index is 0.126. The highest BCUT2D eigenvalue weighted by Gasteiger charge is 2.18. The first-order valence-electron chi connectivity index (χ1n) is 6.66. The van der Waals surface area contributed by atoms with Crippen LogP contribution in [0, 0.1) is 13.8 Å². The summed E-state index contributed by atoms with van der Waals surface area (Å²) >= 11 is 7.38. The van der Waals surface area contributed by atoms with E-state index in [0.717, 1.165) is 15.8 Å². The number of rotatable bonds is 4. The highest BCUT2D eigenvalue weighted by Crippen LogP contribution is 2.39. The molecule has 1 unspecified atom stereocenters. The predicted octanol–water partition coefficient (Wildman–Crippen LogP) is 5.95. The summed E-state index contributed by atoms with van der Waals surface area (Å²) < 4.78 is 6.81. The molecule has 1 nitrogen and oxygen atoms in total. The molecular weight excluding hydrogens is 380 g/mol. The first-order valence-corrected chi connectivity index (χ1v) is 8.37. The Hall–Kier alpha value is -0.800. The van der Waals surface area contributed by atoms with Gasteiger partial charge in [-0.3, -0.25) is 0 Å². The van der Waals surface area contributed by atoms with Gasteiger partial charge in [-0.1, -0.05) is 55.6 Å². The molecule has 106 valence electrons. The lowest BCUT2D eigenvalue weighted by Gasteiger charge is -2.18. The van der Waals surface area contributed by atoms with Gasteiger partial charge in [0.1, 0.15) is 5.75 Å². The van der Waals surface area contributed by atoms with E-state index >= 15 is 0 Å². The average molecular weight is 398 g/mol. The summed E-state index contributed by atoms with van der Waals surface area (Å²) in [6.45, 7) is 6.93. The van der Waals surface area contributed by atoms with E-state index in [1.165, 1.54) is 16.7 Å². The Labute approximate surface area is 137 Å². The lowest BCUT2D eigenvalue weighted by molar-refractivity contribution is 0.337. The average Bonchev–Trinajstić information content (AvgIpc) is 2.43. The minimum atomic E-state index is 0.126. The van der Waals surface area contributed by atoms with Crippen LogP contribution in [0.4, 0.5) is 0 Å². The molecule has 1 atom stereocenters. The zero-order chi connectivity index (χ0) is 14.7. The fourth-order valence-electron chi connectivity index (χ4n) is 2.20. The molecule has 0 aliphatic heterocycles. The second kappa shape index (κ2) is 6.77. The van der Waals surface area contributed by atoms with E-state index in [0.29, 0.717) is 6.61 Å². The highest BCUT2D eigenvalue weighted by molar-refractivity contribution is 9.10. The zero-order valence-electron chi connectivity index (χ0n) is 11.9. The van der Waals surface area contributed by atoms with Crippen LogP contribution in [0.2, 0.25) is 0 Å². The molecule has 0 spiro atoms. The molecule has 0 radical (unpaired) electrons. The second-order valence-corrected chi connectivity index (χ2v) is 6.67. The molecule has 2 rings (SSSR count). The van der Waals surface area contributed by atoms with Crippen LogP contribution >= 0.6 is 31.9 Å². The van der Waals surface area contributed by atoms with Crippen molar-refractivity contribution in [2.75, 3.05) is 6.61 Å². The van der Waals surface area contributed by atoms with Crippen LogP contribution in [0.5, 0.6) is 5.75 Å². The number of hydrogen-bond donors (Lipinski definition) is 0. The molecule has 0 bridgehead atoms. The Bertz CT molecular complexity index is 608. The summed E-state index contributed by atoms with van der Waals surface area (Å²) in [6, 6.07) is 12.7. The van der Waals surface area contributed by atoms with Crippen LogP contribution in [0.3, 0.4) is 0 Å². The van der Waals surface area contributed by atoms with Crippen molar-refractivity contribution in [2.45, 2.75) is 25.6 Å². The second-order valence-electron chi connectivity index (χ2n) is 4.84. The van der Waals surface area contributed by atoms with Gasteiger partial charge in [0.15, 0.2) is 0 Å². The lowest BCUT2D eigenvalue weighted by atomic mass is 9.98. The van der Waals surface area contributed by atoms with Gasteiger partial charge >= 0.3 is 0 Å². The Morgan fingerprint density at radius 2 is 1.80 bits per heavy atom. The number of alkyl halides is 1. The van der Waals surface area contributed by atoms with Crippen molar-refractivity contribution in [3.8, 4) is 5.75 Å². The molecule has 0 N–H and O–H groups in total. The molecular formula is C17H18Br2O. The largest absolute Gasteiger partial charge is 0.494 e. The summed E-state index contributed by atoms with van der Waals surface area (Å²) in [5.74, 6) is 0.929. The quantitative estimate of drug-likeness (QED) is 0.579. The van der Waals surface area contributed by atoms with E-state index in [1.807, 2.05) is 19.1 Å². The molecule has 3 heteroatoms. The lowest BCUT2D eigenvalue weighted by Crippen LogP contribution is -2.02. The Kier molecular flexibility index (Phi) is 5.28. The van der Waals surface area contributed by atoms with Crippen molar-refractivity contribution in [1.82, 2.24) is 0 Å². The molecule has 0 aliphatic carbocycles. The van der Waals surface area contributed by atoms with E-state index in [9.17, 15) is 0 Å². The van der Waals surface area contributed by atoms with Gasteiger partial charge in [0.05, 0.1) is 11.4 Å². The molecule has 0 amide bonds. The van der Waals surface area contributed by atoms with Crippen molar-refractivity contribution in [1.29, 1.82) is 0 Å². The topological polar surface area (TPSA) is 9.23 Å². The first-order chi connectivity index (χ1) is 9.52. The number of hydrogen-bond acceptors (Lipinski definition) is 1. The van der Waals surface area contributed by atoms with Gasteiger partial charge in [-0.05, 0) is 50.1 Å². The summed E-state index contributed by atoms with van der Waals surface area (Å²) in [4.78, 5) is 0.126. The van der Waals surface area contributed by atoms with Crippen molar-refractivity contribution in [2.24, 2.45) is 0 Å². The Morgan fingerprint density at radius 3 is 2.50 bits per heavy atom. The van der Waals surface area contributed by atoms with Gasteiger partial charge < -0.3 is 4.74 Å². The van der Waals surface area contributed by atoms with Crippen molar-refractivity contribution >= 4 is 31.9 Å². The molecule has 0 fully saturated rings. The number of aryl methyl sites for hydroxylation is 2. The fourth-order valence-corrected chi connectivity index (χ4v) is 3.43. The SMILES string of the molecule is CCOc1ccc(Br)cc1C(Br)c1cc(C)ccc1C. The number of benzene rings is 2. The number of ether oxygens (including phenoxy) is 1. The summed E-state index contributed by atoms with van der Waals surface area (Å²) in [5.41, 5.74) is 4.97. The van der Waals surface area contributed by atoms with Crippen LogP contribution < -0.4 is 4.74 Å². The predicted molar refractivity (Wildman–Crippen MR) is 92.0 cm³/mol. The molecule has 0 aromatic heterocycles. The van der Waals surface area contributed by atoms with Gasteiger partial charge in [-0.2, -0.15) is 0 Å². The smallest absolute Gasteiger partial charge is 0.124 e. The summed E-state index contributed by atoms with van der Waals surface area (Å²) in [6.07, 6.45) is 0. The van der Waals surface area contributed by atoms with Crippen molar-refractivity contribution < 1.29 is 4.74 Å². The molecule has 0 aliphatic rings. The molecule has 20 heavy (non-hydrogen) atoms.